The fourth-order valence-corrected chi connectivity index (χ4v) is 6.52. The van der Waals surface area contributed by atoms with Crippen LogP contribution in [0.4, 0.5) is 0 Å². The second kappa shape index (κ2) is 8.06. The molecule has 1 spiro atoms. The number of rotatable bonds is 2. The SMILES string of the molecule is c1ccc(-c2ccc(-c3ccc4c(c3)C3(c5ccccc5Oc5ccccc53)c3ccccc3-4)cc2)cc1. The van der Waals surface area contributed by atoms with Crippen molar-refractivity contribution in [1.82, 2.24) is 0 Å². The van der Waals surface area contributed by atoms with E-state index in [0.717, 1.165) is 11.5 Å². The van der Waals surface area contributed by atoms with Gasteiger partial charge in [-0.1, -0.05) is 127 Å². The normalized spacial score (nSPS) is 13.7. The van der Waals surface area contributed by atoms with Crippen LogP contribution in [0, 0.1) is 0 Å². The van der Waals surface area contributed by atoms with E-state index >= 15 is 0 Å². The molecule has 6 aromatic rings. The molecule has 2 aliphatic rings. The van der Waals surface area contributed by atoms with E-state index < -0.39 is 5.41 Å². The molecule has 178 valence electrons. The van der Waals surface area contributed by atoms with E-state index in [1.807, 2.05) is 0 Å². The molecule has 1 nitrogen and oxygen atoms in total. The highest BCUT2D eigenvalue weighted by Crippen LogP contribution is 2.62. The van der Waals surface area contributed by atoms with Gasteiger partial charge in [-0.3, -0.25) is 0 Å². The average molecular weight is 485 g/mol. The van der Waals surface area contributed by atoms with Crippen LogP contribution in [0.25, 0.3) is 33.4 Å². The lowest BCUT2D eigenvalue weighted by Gasteiger charge is -2.39. The van der Waals surface area contributed by atoms with Crippen LogP contribution >= 0.6 is 0 Å². The molecule has 38 heavy (non-hydrogen) atoms. The molecule has 0 bridgehead atoms. The minimum atomic E-state index is -0.433. The van der Waals surface area contributed by atoms with Gasteiger partial charge in [-0.05, 0) is 62.7 Å². The molecule has 0 unspecified atom stereocenters. The van der Waals surface area contributed by atoms with Gasteiger partial charge in [0, 0.05) is 11.1 Å². The first-order chi connectivity index (χ1) is 18.8. The van der Waals surface area contributed by atoms with Crippen LogP contribution in [-0.2, 0) is 5.41 Å². The van der Waals surface area contributed by atoms with Crippen LogP contribution in [0.2, 0.25) is 0 Å². The molecule has 1 heteroatoms. The summed E-state index contributed by atoms with van der Waals surface area (Å²) >= 11 is 0. The first-order valence-corrected chi connectivity index (χ1v) is 13.1. The fourth-order valence-electron chi connectivity index (χ4n) is 6.52. The molecule has 1 aliphatic carbocycles. The fraction of sp³-hybridized carbons (Fsp3) is 0.0270. The Kier molecular flexibility index (Phi) is 4.50. The van der Waals surface area contributed by atoms with Gasteiger partial charge in [0.15, 0.2) is 0 Å². The summed E-state index contributed by atoms with van der Waals surface area (Å²) in [6, 6.07) is 52.4. The monoisotopic (exact) mass is 484 g/mol. The molecule has 0 saturated heterocycles. The van der Waals surface area contributed by atoms with Crippen molar-refractivity contribution in [3.05, 3.63) is 168 Å². The van der Waals surface area contributed by atoms with Crippen LogP contribution < -0.4 is 4.74 Å². The van der Waals surface area contributed by atoms with Gasteiger partial charge in [-0.2, -0.15) is 0 Å². The van der Waals surface area contributed by atoms with E-state index in [1.54, 1.807) is 0 Å². The zero-order valence-corrected chi connectivity index (χ0v) is 20.8. The molecule has 0 amide bonds. The molecule has 8 rings (SSSR count). The van der Waals surface area contributed by atoms with Crippen molar-refractivity contribution in [2.75, 3.05) is 0 Å². The van der Waals surface area contributed by atoms with E-state index in [9.17, 15) is 0 Å². The molecule has 1 heterocycles. The summed E-state index contributed by atoms with van der Waals surface area (Å²) in [4.78, 5) is 0. The summed E-state index contributed by atoms with van der Waals surface area (Å²) < 4.78 is 6.46. The largest absolute Gasteiger partial charge is 0.457 e. The summed E-state index contributed by atoms with van der Waals surface area (Å²) in [5.74, 6) is 1.85. The number of para-hydroxylation sites is 2. The van der Waals surface area contributed by atoms with Crippen molar-refractivity contribution in [1.29, 1.82) is 0 Å². The Bertz CT molecular complexity index is 1780. The molecule has 0 aromatic heterocycles. The highest BCUT2D eigenvalue weighted by Gasteiger charge is 2.50. The van der Waals surface area contributed by atoms with Gasteiger partial charge >= 0.3 is 0 Å². The summed E-state index contributed by atoms with van der Waals surface area (Å²) in [5, 5.41) is 0. The van der Waals surface area contributed by atoms with E-state index in [2.05, 4.69) is 146 Å². The van der Waals surface area contributed by atoms with Crippen molar-refractivity contribution in [2.45, 2.75) is 5.41 Å². The zero-order valence-electron chi connectivity index (χ0n) is 20.8. The van der Waals surface area contributed by atoms with E-state index in [-0.39, 0.29) is 0 Å². The van der Waals surface area contributed by atoms with Crippen molar-refractivity contribution in [3.63, 3.8) is 0 Å². The Balaban J connectivity index is 1.38. The quantitative estimate of drug-likeness (QED) is 0.237. The van der Waals surface area contributed by atoms with Gasteiger partial charge in [0.25, 0.3) is 0 Å². The number of ether oxygens (including phenoxy) is 1. The van der Waals surface area contributed by atoms with Crippen molar-refractivity contribution in [2.24, 2.45) is 0 Å². The molecule has 1 aliphatic heterocycles. The smallest absolute Gasteiger partial charge is 0.132 e. The minimum Gasteiger partial charge on any atom is -0.457 e. The third-order valence-corrected chi connectivity index (χ3v) is 8.17. The summed E-state index contributed by atoms with van der Waals surface area (Å²) in [6.45, 7) is 0. The Morgan fingerprint density at radius 2 is 0.816 bits per heavy atom. The summed E-state index contributed by atoms with van der Waals surface area (Å²) in [7, 11) is 0. The Hall–Kier alpha value is -4.88. The Morgan fingerprint density at radius 3 is 1.50 bits per heavy atom. The zero-order chi connectivity index (χ0) is 25.1. The lowest BCUT2D eigenvalue weighted by Crippen LogP contribution is -2.32. The van der Waals surface area contributed by atoms with E-state index in [4.69, 9.17) is 4.74 Å². The van der Waals surface area contributed by atoms with Crippen molar-refractivity contribution in [3.8, 4) is 44.9 Å². The molecule has 0 N–H and O–H groups in total. The lowest BCUT2D eigenvalue weighted by atomic mass is 9.66. The maximum absolute atomic E-state index is 6.46. The molecule has 6 aromatic carbocycles. The first-order valence-electron chi connectivity index (χ1n) is 13.1. The number of fused-ring (bicyclic) bond motifs is 9. The van der Waals surface area contributed by atoms with Gasteiger partial charge < -0.3 is 4.74 Å². The van der Waals surface area contributed by atoms with Gasteiger partial charge in [-0.15, -0.1) is 0 Å². The van der Waals surface area contributed by atoms with Crippen LogP contribution in [0.15, 0.2) is 146 Å². The predicted octanol–water partition coefficient (Wildman–Crippen LogP) is 9.49. The van der Waals surface area contributed by atoms with Crippen molar-refractivity contribution >= 4 is 0 Å². The highest BCUT2D eigenvalue weighted by molar-refractivity contribution is 5.90. The third-order valence-electron chi connectivity index (χ3n) is 8.17. The minimum absolute atomic E-state index is 0.433. The topological polar surface area (TPSA) is 9.23 Å². The number of hydrogen-bond donors (Lipinski definition) is 0. The number of benzene rings is 6. The lowest BCUT2D eigenvalue weighted by molar-refractivity contribution is 0.436. The molecule has 0 fully saturated rings. The number of hydrogen-bond acceptors (Lipinski definition) is 1. The van der Waals surface area contributed by atoms with Gasteiger partial charge in [0.2, 0.25) is 0 Å². The second-order valence-electron chi connectivity index (χ2n) is 10.1. The van der Waals surface area contributed by atoms with Gasteiger partial charge in [0.1, 0.15) is 11.5 Å². The molecule has 0 radical (unpaired) electrons. The van der Waals surface area contributed by atoms with Crippen LogP contribution in [0.3, 0.4) is 0 Å². The van der Waals surface area contributed by atoms with Crippen molar-refractivity contribution < 1.29 is 4.74 Å². The third kappa shape index (κ3) is 2.87. The predicted molar refractivity (Wildman–Crippen MR) is 155 cm³/mol. The first kappa shape index (κ1) is 21.2. The Morgan fingerprint density at radius 1 is 0.342 bits per heavy atom. The molecular formula is C37H24O. The maximum atomic E-state index is 6.46. The van der Waals surface area contributed by atoms with Crippen LogP contribution in [0.5, 0.6) is 11.5 Å². The summed E-state index contributed by atoms with van der Waals surface area (Å²) in [5.41, 5.74) is 12.1. The summed E-state index contributed by atoms with van der Waals surface area (Å²) in [6.07, 6.45) is 0. The molecular weight excluding hydrogens is 460 g/mol. The Labute approximate surface area is 222 Å². The highest BCUT2D eigenvalue weighted by atomic mass is 16.5. The van der Waals surface area contributed by atoms with Crippen LogP contribution in [0.1, 0.15) is 22.3 Å². The average Bonchev–Trinajstić information content (AvgIpc) is 3.28. The van der Waals surface area contributed by atoms with Crippen LogP contribution in [-0.4, -0.2) is 0 Å². The standard InChI is InChI=1S/C37H24O/c1-2-10-25(11-3-1)26-18-20-27(21-19-26)28-22-23-30-29-12-4-5-13-31(29)37(34(30)24-28)32-14-6-8-16-35(32)38-36-17-9-7-15-33(36)37/h1-24H. The molecule has 0 saturated carbocycles. The van der Waals surface area contributed by atoms with E-state index in [1.165, 1.54) is 55.6 Å². The molecule has 0 atom stereocenters. The van der Waals surface area contributed by atoms with Gasteiger partial charge in [-0.25, -0.2) is 0 Å². The van der Waals surface area contributed by atoms with E-state index in [0.29, 0.717) is 0 Å². The second-order valence-corrected chi connectivity index (χ2v) is 10.1. The van der Waals surface area contributed by atoms with Gasteiger partial charge in [0.05, 0.1) is 5.41 Å². The maximum Gasteiger partial charge on any atom is 0.132 e.